The minimum atomic E-state index is -0.670. The van der Waals surface area contributed by atoms with E-state index in [1.165, 1.54) is 6.07 Å². The summed E-state index contributed by atoms with van der Waals surface area (Å²) in [5, 5.41) is 0.695. The molecule has 7 heteroatoms. The Hall–Kier alpha value is -4.39. The third kappa shape index (κ3) is 4.40. The number of fused-ring (bicyclic) bond motifs is 2. The lowest BCUT2D eigenvalue weighted by molar-refractivity contribution is 0.0471. The number of esters is 1. The predicted octanol–water partition coefficient (Wildman–Crippen LogP) is 4.77. The third-order valence-electron chi connectivity index (χ3n) is 6.00. The van der Waals surface area contributed by atoms with Gasteiger partial charge in [0.25, 0.3) is 0 Å². The zero-order chi connectivity index (χ0) is 24.5. The fourth-order valence-electron chi connectivity index (χ4n) is 4.02. The van der Waals surface area contributed by atoms with Crippen LogP contribution in [0.4, 0.5) is 0 Å². The monoisotopic (exact) mass is 470 g/mol. The molecule has 1 aliphatic heterocycles. The highest BCUT2D eigenvalue weighted by Crippen LogP contribution is 2.32. The van der Waals surface area contributed by atoms with Crippen molar-refractivity contribution < 1.29 is 28.2 Å². The Balaban J connectivity index is 1.42. The Labute approximate surface area is 200 Å². The molecule has 176 valence electrons. The molecule has 0 bridgehead atoms. The van der Waals surface area contributed by atoms with E-state index in [9.17, 15) is 14.4 Å². The molecule has 0 atom stereocenters. The molecule has 1 aliphatic rings. The van der Waals surface area contributed by atoms with Crippen molar-refractivity contribution in [3.05, 3.63) is 104 Å². The van der Waals surface area contributed by atoms with E-state index in [0.29, 0.717) is 46.8 Å². The van der Waals surface area contributed by atoms with Crippen molar-refractivity contribution in [2.75, 3.05) is 13.2 Å². The highest BCUT2D eigenvalue weighted by molar-refractivity contribution is 6.14. The number of ether oxygens (including phenoxy) is 3. The van der Waals surface area contributed by atoms with Crippen molar-refractivity contribution in [1.29, 1.82) is 0 Å². The Morgan fingerprint density at radius 3 is 2.37 bits per heavy atom. The van der Waals surface area contributed by atoms with Crippen LogP contribution in [0.5, 0.6) is 11.5 Å². The van der Waals surface area contributed by atoms with E-state index in [1.807, 2.05) is 19.9 Å². The highest BCUT2D eigenvalue weighted by Gasteiger charge is 2.22. The zero-order valence-corrected chi connectivity index (χ0v) is 19.3. The summed E-state index contributed by atoms with van der Waals surface area (Å²) in [6.07, 6.45) is 0. The van der Waals surface area contributed by atoms with E-state index < -0.39 is 11.6 Å². The maximum atomic E-state index is 13.3. The van der Waals surface area contributed by atoms with E-state index in [0.717, 1.165) is 11.1 Å². The van der Waals surface area contributed by atoms with E-state index in [1.54, 1.807) is 48.5 Å². The SMILES string of the molecule is Cc1cc2oc(=O)cc(COC(=O)c3ccccc3C(=O)c3ccc4c(c3)OCCO4)c2cc1C. The fraction of sp³-hybridized carbons (Fsp3) is 0.179. The van der Waals surface area contributed by atoms with Crippen LogP contribution in [0.25, 0.3) is 11.0 Å². The minimum absolute atomic E-state index is 0.131. The number of ketones is 1. The molecular formula is C28H22O7. The Kier molecular flexibility index (Phi) is 5.82. The zero-order valence-electron chi connectivity index (χ0n) is 19.3. The first-order valence-corrected chi connectivity index (χ1v) is 11.2. The lowest BCUT2D eigenvalue weighted by atomic mass is 9.98. The molecule has 0 saturated carbocycles. The Morgan fingerprint density at radius 2 is 1.57 bits per heavy atom. The van der Waals surface area contributed by atoms with Crippen LogP contribution < -0.4 is 15.1 Å². The summed E-state index contributed by atoms with van der Waals surface area (Å²) in [5.41, 5.74) is 3.15. The molecule has 0 fully saturated rings. The third-order valence-corrected chi connectivity index (χ3v) is 6.00. The molecule has 0 radical (unpaired) electrons. The van der Waals surface area contributed by atoms with Gasteiger partial charge in [0.2, 0.25) is 0 Å². The van der Waals surface area contributed by atoms with Crippen molar-refractivity contribution in [3.63, 3.8) is 0 Å². The normalized spacial score (nSPS) is 12.4. The second-order valence-electron chi connectivity index (χ2n) is 8.33. The lowest BCUT2D eigenvalue weighted by Crippen LogP contribution is -2.16. The summed E-state index contributed by atoms with van der Waals surface area (Å²) >= 11 is 0. The minimum Gasteiger partial charge on any atom is -0.486 e. The van der Waals surface area contributed by atoms with E-state index in [2.05, 4.69) is 0 Å². The van der Waals surface area contributed by atoms with Crippen molar-refractivity contribution in [2.24, 2.45) is 0 Å². The molecular weight excluding hydrogens is 448 g/mol. The first-order chi connectivity index (χ1) is 16.9. The molecule has 0 unspecified atom stereocenters. The molecule has 3 aromatic carbocycles. The van der Waals surface area contributed by atoms with Crippen LogP contribution in [-0.4, -0.2) is 25.0 Å². The Bertz CT molecular complexity index is 1530. The van der Waals surface area contributed by atoms with Gasteiger partial charge >= 0.3 is 11.6 Å². The van der Waals surface area contributed by atoms with Crippen LogP contribution in [0.2, 0.25) is 0 Å². The first-order valence-electron chi connectivity index (χ1n) is 11.2. The van der Waals surface area contributed by atoms with Crippen LogP contribution in [0.1, 0.15) is 43.0 Å². The molecule has 0 saturated heterocycles. The van der Waals surface area contributed by atoms with Crippen molar-refractivity contribution in [1.82, 2.24) is 0 Å². The van der Waals surface area contributed by atoms with Crippen LogP contribution in [0.15, 0.2) is 69.9 Å². The number of hydrogen-bond acceptors (Lipinski definition) is 7. The standard InChI is InChI=1S/C28H22O7/c1-16-11-22-19(14-26(29)35-24(22)12-17(16)2)15-34-28(31)21-6-4-3-5-20(21)27(30)18-7-8-23-25(13-18)33-10-9-32-23/h3-8,11-14H,9-10,15H2,1-2H3. The summed E-state index contributed by atoms with van der Waals surface area (Å²) in [4.78, 5) is 38.3. The maximum Gasteiger partial charge on any atom is 0.339 e. The molecule has 5 rings (SSSR count). The van der Waals surface area contributed by atoms with Crippen molar-refractivity contribution in [2.45, 2.75) is 20.5 Å². The smallest absolute Gasteiger partial charge is 0.339 e. The van der Waals surface area contributed by atoms with E-state index in [4.69, 9.17) is 18.6 Å². The predicted molar refractivity (Wildman–Crippen MR) is 128 cm³/mol. The average molecular weight is 470 g/mol. The number of rotatable bonds is 5. The van der Waals surface area contributed by atoms with Gasteiger partial charge in [0.1, 0.15) is 25.4 Å². The van der Waals surface area contributed by atoms with Crippen LogP contribution >= 0.6 is 0 Å². The van der Waals surface area contributed by atoms with Crippen molar-refractivity contribution in [3.8, 4) is 11.5 Å². The van der Waals surface area contributed by atoms with Gasteiger partial charge in [-0.1, -0.05) is 18.2 Å². The summed E-state index contributed by atoms with van der Waals surface area (Å²) in [5.74, 6) is 0.0520. The fourth-order valence-corrected chi connectivity index (χ4v) is 4.02. The largest absolute Gasteiger partial charge is 0.486 e. The van der Waals surface area contributed by atoms with Crippen molar-refractivity contribution >= 4 is 22.7 Å². The van der Waals surface area contributed by atoms with Gasteiger partial charge in [-0.05, 0) is 61.4 Å². The molecule has 1 aromatic heterocycles. The van der Waals surface area contributed by atoms with Gasteiger partial charge < -0.3 is 18.6 Å². The molecule has 7 nitrogen and oxygen atoms in total. The average Bonchev–Trinajstić information content (AvgIpc) is 2.87. The molecule has 2 heterocycles. The van der Waals surface area contributed by atoms with Crippen LogP contribution in [0.3, 0.4) is 0 Å². The summed E-state index contributed by atoms with van der Waals surface area (Å²) < 4.78 is 21.9. The van der Waals surface area contributed by atoms with Gasteiger partial charge in [0.15, 0.2) is 17.3 Å². The lowest BCUT2D eigenvalue weighted by Gasteiger charge is -2.18. The van der Waals surface area contributed by atoms with E-state index >= 15 is 0 Å². The quantitative estimate of drug-likeness (QED) is 0.236. The molecule has 0 N–H and O–H groups in total. The summed E-state index contributed by atoms with van der Waals surface area (Å²) in [6.45, 7) is 4.59. The highest BCUT2D eigenvalue weighted by atomic mass is 16.6. The number of benzene rings is 3. The number of hydrogen-bond donors (Lipinski definition) is 0. The van der Waals surface area contributed by atoms with Gasteiger partial charge in [0.05, 0.1) is 5.56 Å². The van der Waals surface area contributed by atoms with Gasteiger partial charge in [0, 0.05) is 28.1 Å². The number of carbonyl (C=O) groups is 2. The topological polar surface area (TPSA) is 92.0 Å². The van der Waals surface area contributed by atoms with Gasteiger partial charge in [-0.2, -0.15) is 0 Å². The first kappa shape index (κ1) is 22.4. The van der Waals surface area contributed by atoms with E-state index in [-0.39, 0.29) is 23.5 Å². The summed E-state index contributed by atoms with van der Waals surface area (Å²) in [7, 11) is 0. The Morgan fingerprint density at radius 1 is 0.857 bits per heavy atom. The summed E-state index contributed by atoms with van der Waals surface area (Å²) in [6, 6.07) is 16.4. The molecule has 4 aromatic rings. The number of aryl methyl sites for hydroxylation is 2. The van der Waals surface area contributed by atoms with Crippen LogP contribution in [0, 0.1) is 13.8 Å². The number of carbonyl (C=O) groups excluding carboxylic acids is 2. The molecule has 0 aliphatic carbocycles. The van der Waals surface area contributed by atoms with Gasteiger partial charge in [-0.3, -0.25) is 4.79 Å². The second kappa shape index (κ2) is 9.10. The molecule has 35 heavy (non-hydrogen) atoms. The molecule has 0 amide bonds. The van der Waals surface area contributed by atoms with Crippen LogP contribution in [-0.2, 0) is 11.3 Å². The molecule has 0 spiro atoms. The van der Waals surface area contributed by atoms with Gasteiger partial charge in [-0.25, -0.2) is 9.59 Å². The van der Waals surface area contributed by atoms with Gasteiger partial charge in [-0.15, -0.1) is 0 Å². The second-order valence-corrected chi connectivity index (χ2v) is 8.33. The maximum absolute atomic E-state index is 13.3.